The molecule has 1 aliphatic heterocycles. The molecule has 0 aromatic rings. The van der Waals surface area contributed by atoms with Gasteiger partial charge in [0.15, 0.2) is 0 Å². The Morgan fingerprint density at radius 3 is 2.67 bits per heavy atom. The van der Waals surface area contributed by atoms with Crippen molar-refractivity contribution in [1.29, 1.82) is 0 Å². The summed E-state index contributed by atoms with van der Waals surface area (Å²) in [5, 5.41) is 3.66. The van der Waals surface area contributed by atoms with Gasteiger partial charge in [-0.2, -0.15) is 0 Å². The highest BCUT2D eigenvalue weighted by molar-refractivity contribution is 4.84. The van der Waals surface area contributed by atoms with Gasteiger partial charge < -0.3 is 15.1 Å². The molecule has 3 heteroatoms. The Bertz CT molecular complexity index is 226. The summed E-state index contributed by atoms with van der Waals surface area (Å²) in [6, 6.07) is 0.782. The van der Waals surface area contributed by atoms with Crippen molar-refractivity contribution in [3.05, 3.63) is 0 Å². The zero-order valence-corrected chi connectivity index (χ0v) is 12.3. The van der Waals surface area contributed by atoms with E-state index in [0.717, 1.165) is 18.5 Å². The summed E-state index contributed by atoms with van der Waals surface area (Å²) in [5.41, 5.74) is 0. The normalized spacial score (nSPS) is 29.5. The van der Waals surface area contributed by atoms with Gasteiger partial charge in [-0.25, -0.2) is 0 Å². The van der Waals surface area contributed by atoms with Crippen LogP contribution in [0.4, 0.5) is 0 Å². The summed E-state index contributed by atoms with van der Waals surface area (Å²) in [6.45, 7) is 9.82. The quantitative estimate of drug-likeness (QED) is 0.746. The molecule has 2 unspecified atom stereocenters. The molecule has 1 aliphatic carbocycles. The number of likely N-dealkylation sites (tertiary alicyclic amines) is 1. The number of nitrogens with one attached hydrogen (secondary N) is 1. The Labute approximate surface area is 113 Å². The minimum Gasteiger partial charge on any atom is -0.314 e. The highest BCUT2D eigenvalue weighted by atomic mass is 15.2. The van der Waals surface area contributed by atoms with Gasteiger partial charge in [-0.05, 0) is 58.3 Å². The molecule has 2 atom stereocenters. The van der Waals surface area contributed by atoms with E-state index in [1.165, 1.54) is 64.8 Å². The molecule has 0 bridgehead atoms. The van der Waals surface area contributed by atoms with Crippen LogP contribution in [0.3, 0.4) is 0 Å². The van der Waals surface area contributed by atoms with E-state index in [2.05, 4.69) is 29.1 Å². The minimum atomic E-state index is 0.782. The standard InChI is InChI=1S/C15H31N3/c1-3-16-15-8-6-7-14(15)13-17(2)11-12-18-9-4-5-10-18/h14-16H,3-13H2,1-2H3. The molecule has 0 spiro atoms. The fourth-order valence-corrected chi connectivity index (χ4v) is 3.60. The molecule has 3 nitrogen and oxygen atoms in total. The third kappa shape index (κ3) is 4.22. The number of nitrogens with zero attached hydrogens (tertiary/aromatic N) is 2. The van der Waals surface area contributed by atoms with Crippen molar-refractivity contribution in [2.24, 2.45) is 5.92 Å². The average Bonchev–Trinajstić information content (AvgIpc) is 2.99. The van der Waals surface area contributed by atoms with Gasteiger partial charge in [0.1, 0.15) is 0 Å². The van der Waals surface area contributed by atoms with Gasteiger partial charge >= 0.3 is 0 Å². The minimum absolute atomic E-state index is 0.782. The Morgan fingerprint density at radius 2 is 1.94 bits per heavy atom. The van der Waals surface area contributed by atoms with E-state index in [0.29, 0.717) is 0 Å². The lowest BCUT2D eigenvalue weighted by atomic mass is 10.0. The predicted molar refractivity (Wildman–Crippen MR) is 78.0 cm³/mol. The molecular formula is C15H31N3. The SMILES string of the molecule is CCNC1CCCC1CN(C)CCN1CCCC1. The van der Waals surface area contributed by atoms with Crippen LogP contribution >= 0.6 is 0 Å². The fourth-order valence-electron chi connectivity index (χ4n) is 3.60. The van der Waals surface area contributed by atoms with Crippen molar-refractivity contribution in [3.63, 3.8) is 0 Å². The van der Waals surface area contributed by atoms with Crippen LogP contribution in [0.5, 0.6) is 0 Å². The van der Waals surface area contributed by atoms with Crippen molar-refractivity contribution in [2.45, 2.75) is 45.1 Å². The third-order valence-corrected chi connectivity index (χ3v) is 4.67. The number of rotatable bonds is 7. The molecule has 2 fully saturated rings. The van der Waals surface area contributed by atoms with E-state index in [4.69, 9.17) is 0 Å². The van der Waals surface area contributed by atoms with Crippen LogP contribution in [0.25, 0.3) is 0 Å². The summed E-state index contributed by atoms with van der Waals surface area (Å²) in [7, 11) is 2.30. The van der Waals surface area contributed by atoms with Crippen LogP contribution in [-0.4, -0.2) is 62.2 Å². The first-order chi connectivity index (χ1) is 8.79. The van der Waals surface area contributed by atoms with E-state index in [1.54, 1.807) is 0 Å². The fraction of sp³-hybridized carbons (Fsp3) is 1.00. The molecular weight excluding hydrogens is 222 g/mol. The zero-order valence-electron chi connectivity index (χ0n) is 12.3. The van der Waals surface area contributed by atoms with Crippen LogP contribution in [0.2, 0.25) is 0 Å². The summed E-state index contributed by atoms with van der Waals surface area (Å²) in [4.78, 5) is 5.17. The van der Waals surface area contributed by atoms with Gasteiger partial charge in [-0.15, -0.1) is 0 Å². The molecule has 0 aromatic carbocycles. The molecule has 0 radical (unpaired) electrons. The first kappa shape index (κ1) is 14.3. The maximum absolute atomic E-state index is 3.66. The van der Waals surface area contributed by atoms with Gasteiger partial charge in [0.2, 0.25) is 0 Å². The molecule has 1 saturated carbocycles. The second-order valence-corrected chi connectivity index (χ2v) is 6.17. The number of hydrogen-bond donors (Lipinski definition) is 1. The molecule has 0 amide bonds. The molecule has 1 heterocycles. The molecule has 1 saturated heterocycles. The lowest BCUT2D eigenvalue weighted by Gasteiger charge is -2.27. The Kier molecular flexibility index (Phi) is 5.93. The smallest absolute Gasteiger partial charge is 0.0109 e. The molecule has 0 aromatic heterocycles. The first-order valence-corrected chi connectivity index (χ1v) is 7.94. The van der Waals surface area contributed by atoms with Crippen LogP contribution in [-0.2, 0) is 0 Å². The maximum Gasteiger partial charge on any atom is 0.0109 e. The monoisotopic (exact) mass is 253 g/mol. The number of hydrogen-bond acceptors (Lipinski definition) is 3. The van der Waals surface area contributed by atoms with E-state index >= 15 is 0 Å². The van der Waals surface area contributed by atoms with Crippen LogP contribution in [0.1, 0.15) is 39.0 Å². The summed E-state index contributed by atoms with van der Waals surface area (Å²) < 4.78 is 0. The molecule has 1 N–H and O–H groups in total. The Balaban J connectivity index is 1.64. The zero-order chi connectivity index (χ0) is 12.8. The molecule has 18 heavy (non-hydrogen) atoms. The van der Waals surface area contributed by atoms with Gasteiger partial charge in [0.25, 0.3) is 0 Å². The van der Waals surface area contributed by atoms with Crippen molar-refractivity contribution in [1.82, 2.24) is 15.1 Å². The van der Waals surface area contributed by atoms with E-state index in [-0.39, 0.29) is 0 Å². The molecule has 2 aliphatic rings. The van der Waals surface area contributed by atoms with Crippen molar-refractivity contribution < 1.29 is 0 Å². The largest absolute Gasteiger partial charge is 0.314 e. The molecule has 2 rings (SSSR count). The predicted octanol–water partition coefficient (Wildman–Crippen LogP) is 1.79. The van der Waals surface area contributed by atoms with E-state index in [9.17, 15) is 0 Å². The summed E-state index contributed by atoms with van der Waals surface area (Å²) in [5.74, 6) is 0.883. The van der Waals surface area contributed by atoms with E-state index < -0.39 is 0 Å². The Morgan fingerprint density at radius 1 is 1.17 bits per heavy atom. The van der Waals surface area contributed by atoms with Crippen LogP contribution in [0, 0.1) is 5.92 Å². The Hall–Kier alpha value is -0.120. The van der Waals surface area contributed by atoms with Crippen molar-refractivity contribution in [2.75, 3.05) is 46.3 Å². The summed E-state index contributed by atoms with van der Waals surface area (Å²) >= 11 is 0. The van der Waals surface area contributed by atoms with Crippen LogP contribution in [0.15, 0.2) is 0 Å². The molecule has 106 valence electrons. The van der Waals surface area contributed by atoms with Gasteiger partial charge in [-0.1, -0.05) is 13.3 Å². The number of likely N-dealkylation sites (N-methyl/N-ethyl adjacent to an activating group) is 1. The maximum atomic E-state index is 3.66. The third-order valence-electron chi connectivity index (χ3n) is 4.67. The first-order valence-electron chi connectivity index (χ1n) is 7.94. The average molecular weight is 253 g/mol. The topological polar surface area (TPSA) is 18.5 Å². The summed E-state index contributed by atoms with van der Waals surface area (Å²) in [6.07, 6.45) is 7.05. The van der Waals surface area contributed by atoms with Crippen molar-refractivity contribution >= 4 is 0 Å². The second-order valence-electron chi connectivity index (χ2n) is 6.17. The van der Waals surface area contributed by atoms with Crippen LogP contribution < -0.4 is 5.32 Å². The highest BCUT2D eigenvalue weighted by Crippen LogP contribution is 2.26. The van der Waals surface area contributed by atoms with Gasteiger partial charge in [-0.3, -0.25) is 0 Å². The lowest BCUT2D eigenvalue weighted by Crippen LogP contribution is -2.40. The van der Waals surface area contributed by atoms with Gasteiger partial charge in [0.05, 0.1) is 0 Å². The van der Waals surface area contributed by atoms with E-state index in [1.807, 2.05) is 0 Å². The lowest BCUT2D eigenvalue weighted by molar-refractivity contribution is 0.218. The van der Waals surface area contributed by atoms with Crippen molar-refractivity contribution in [3.8, 4) is 0 Å². The van der Waals surface area contributed by atoms with Gasteiger partial charge in [0, 0.05) is 25.7 Å². The second kappa shape index (κ2) is 7.46. The highest BCUT2D eigenvalue weighted by Gasteiger charge is 2.27.